The maximum Gasteiger partial charge on any atom is 0.176 e. The average molecular weight is 146 g/mol. The molecule has 0 aromatic heterocycles. The van der Waals surface area contributed by atoms with Crippen LogP contribution in [0.5, 0.6) is 0 Å². The summed E-state index contributed by atoms with van der Waals surface area (Å²) in [4.78, 5) is 0. The van der Waals surface area contributed by atoms with Gasteiger partial charge in [0.25, 0.3) is 0 Å². The lowest BCUT2D eigenvalue weighted by Crippen LogP contribution is -2.44. The second-order valence-electron chi connectivity index (χ2n) is 1.77. The highest BCUT2D eigenvalue weighted by Gasteiger charge is 2.14. The fraction of sp³-hybridized carbons (Fsp3) is 0.667. The van der Waals surface area contributed by atoms with Crippen LogP contribution < -0.4 is 11.3 Å². The van der Waals surface area contributed by atoms with E-state index < -0.39 is 0 Å². The van der Waals surface area contributed by atoms with E-state index in [0.717, 1.165) is 0 Å². The van der Waals surface area contributed by atoms with Gasteiger partial charge in [-0.2, -0.15) is 0 Å². The van der Waals surface area contributed by atoms with Crippen molar-refractivity contribution in [1.82, 2.24) is 5.43 Å². The maximum atomic E-state index is 5.15. The Labute approximate surface area is 61.0 Å². The molecule has 4 nitrogen and oxygen atoms in total. The first-order valence-corrected chi connectivity index (χ1v) is 2.94. The summed E-state index contributed by atoms with van der Waals surface area (Å²) in [5, 5.41) is 0. The molecule has 1 unspecified atom stereocenters. The second kappa shape index (κ2) is 5.37. The summed E-state index contributed by atoms with van der Waals surface area (Å²) in [6.07, 6.45) is 1.25. The summed E-state index contributed by atoms with van der Waals surface area (Å²) in [6.45, 7) is 3.55. The normalized spacial score (nSPS) is 13.6. The smallest absolute Gasteiger partial charge is 0.176 e. The van der Waals surface area contributed by atoms with Gasteiger partial charge in [0.15, 0.2) is 6.29 Å². The maximum absolute atomic E-state index is 5.15. The summed E-state index contributed by atoms with van der Waals surface area (Å²) in [7, 11) is 3.09. The van der Waals surface area contributed by atoms with Crippen LogP contribution >= 0.6 is 0 Å². The van der Waals surface area contributed by atoms with Crippen molar-refractivity contribution in [2.45, 2.75) is 12.3 Å². The van der Waals surface area contributed by atoms with Crippen molar-refractivity contribution >= 4 is 0 Å². The van der Waals surface area contributed by atoms with E-state index in [1.54, 1.807) is 20.3 Å². The van der Waals surface area contributed by atoms with E-state index in [2.05, 4.69) is 12.0 Å². The van der Waals surface area contributed by atoms with Crippen LogP contribution in [0.25, 0.3) is 0 Å². The largest absolute Gasteiger partial charge is 0.354 e. The molecule has 4 heteroatoms. The Bertz CT molecular complexity index is 93.7. The zero-order valence-corrected chi connectivity index (χ0v) is 6.33. The molecule has 0 saturated heterocycles. The third-order valence-electron chi connectivity index (χ3n) is 1.20. The fourth-order valence-corrected chi connectivity index (χ4v) is 0.647. The van der Waals surface area contributed by atoms with Gasteiger partial charge in [-0.05, 0) is 0 Å². The molecule has 0 aliphatic heterocycles. The van der Waals surface area contributed by atoms with E-state index >= 15 is 0 Å². The third kappa shape index (κ3) is 2.45. The van der Waals surface area contributed by atoms with Crippen molar-refractivity contribution in [2.24, 2.45) is 5.84 Å². The minimum absolute atomic E-state index is 0.171. The van der Waals surface area contributed by atoms with Gasteiger partial charge < -0.3 is 9.47 Å². The zero-order valence-electron chi connectivity index (χ0n) is 6.33. The first kappa shape index (κ1) is 9.58. The lowest BCUT2D eigenvalue weighted by molar-refractivity contribution is -0.113. The lowest BCUT2D eigenvalue weighted by atomic mass is 10.3. The van der Waals surface area contributed by atoms with Gasteiger partial charge in [-0.25, -0.2) is 5.43 Å². The van der Waals surface area contributed by atoms with Gasteiger partial charge in [0.05, 0.1) is 6.04 Å². The zero-order chi connectivity index (χ0) is 7.98. The topological polar surface area (TPSA) is 56.5 Å². The predicted molar refractivity (Wildman–Crippen MR) is 39.1 cm³/mol. The number of hydrogen-bond donors (Lipinski definition) is 2. The summed E-state index contributed by atoms with van der Waals surface area (Å²) >= 11 is 0. The first-order chi connectivity index (χ1) is 4.79. The molecule has 60 valence electrons. The van der Waals surface area contributed by atoms with Gasteiger partial charge >= 0.3 is 0 Å². The van der Waals surface area contributed by atoms with E-state index in [4.69, 9.17) is 15.3 Å². The van der Waals surface area contributed by atoms with Crippen LogP contribution in [0, 0.1) is 0 Å². The molecular weight excluding hydrogens is 132 g/mol. The van der Waals surface area contributed by atoms with E-state index in [0.29, 0.717) is 0 Å². The van der Waals surface area contributed by atoms with E-state index in [1.165, 1.54) is 0 Å². The van der Waals surface area contributed by atoms with Crippen LogP contribution in [0.15, 0.2) is 12.7 Å². The molecule has 1 atom stereocenters. The van der Waals surface area contributed by atoms with Crippen LogP contribution in [0.1, 0.15) is 0 Å². The summed E-state index contributed by atoms with van der Waals surface area (Å²) in [5.41, 5.74) is 2.49. The molecule has 0 radical (unpaired) electrons. The van der Waals surface area contributed by atoms with E-state index in [9.17, 15) is 0 Å². The number of rotatable bonds is 5. The number of methoxy groups -OCH3 is 2. The lowest BCUT2D eigenvalue weighted by Gasteiger charge is -2.20. The molecule has 3 N–H and O–H groups in total. The number of nitrogens with two attached hydrogens (primary N) is 1. The van der Waals surface area contributed by atoms with Gasteiger partial charge in [0.2, 0.25) is 0 Å². The second-order valence-corrected chi connectivity index (χ2v) is 1.77. The molecule has 0 heterocycles. The van der Waals surface area contributed by atoms with Crippen molar-refractivity contribution in [3.63, 3.8) is 0 Å². The Morgan fingerprint density at radius 3 is 2.10 bits per heavy atom. The number of ether oxygens (including phenoxy) is 2. The molecule has 0 spiro atoms. The van der Waals surface area contributed by atoms with Crippen LogP contribution in [-0.2, 0) is 9.47 Å². The van der Waals surface area contributed by atoms with E-state index in [1.807, 2.05) is 0 Å². The Hall–Kier alpha value is -0.420. The Balaban J connectivity index is 3.81. The van der Waals surface area contributed by atoms with Gasteiger partial charge in [-0.15, -0.1) is 6.58 Å². The monoisotopic (exact) mass is 146 g/mol. The van der Waals surface area contributed by atoms with Crippen molar-refractivity contribution in [1.29, 1.82) is 0 Å². The molecule has 0 fully saturated rings. The Morgan fingerprint density at radius 2 is 2.00 bits per heavy atom. The average Bonchev–Trinajstić information content (AvgIpc) is 2.00. The quantitative estimate of drug-likeness (QED) is 0.240. The molecular formula is C6H14N2O2. The van der Waals surface area contributed by atoms with Gasteiger partial charge in [0, 0.05) is 14.2 Å². The molecule has 0 aliphatic carbocycles. The molecule has 0 bridgehead atoms. The highest BCUT2D eigenvalue weighted by Crippen LogP contribution is 1.98. The SMILES string of the molecule is C=CC(NN)C(OC)OC. The van der Waals surface area contributed by atoms with Crippen LogP contribution in [-0.4, -0.2) is 26.6 Å². The van der Waals surface area contributed by atoms with E-state index in [-0.39, 0.29) is 12.3 Å². The first-order valence-electron chi connectivity index (χ1n) is 2.94. The number of nitrogens with one attached hydrogen (secondary N) is 1. The molecule has 0 saturated carbocycles. The molecule has 0 rings (SSSR count). The standard InChI is InChI=1S/C6H14N2O2/c1-4-5(8-7)6(9-2)10-3/h4-6,8H,1,7H2,2-3H3. The van der Waals surface area contributed by atoms with Crippen molar-refractivity contribution in [3.8, 4) is 0 Å². The van der Waals surface area contributed by atoms with Gasteiger partial charge in [-0.3, -0.25) is 5.84 Å². The predicted octanol–water partition coefficient (Wildman–Crippen LogP) is -0.377. The molecule has 0 aromatic carbocycles. The van der Waals surface area contributed by atoms with Crippen LogP contribution in [0.2, 0.25) is 0 Å². The number of hydrazine groups is 1. The van der Waals surface area contributed by atoms with Crippen molar-refractivity contribution in [3.05, 3.63) is 12.7 Å². The summed E-state index contributed by atoms with van der Waals surface area (Å²) < 4.78 is 9.81. The van der Waals surface area contributed by atoms with Gasteiger partial charge in [0.1, 0.15) is 0 Å². The Morgan fingerprint density at radius 1 is 1.50 bits per heavy atom. The summed E-state index contributed by atoms with van der Waals surface area (Å²) in [5.74, 6) is 5.15. The molecule has 0 aromatic rings. The summed E-state index contributed by atoms with van der Waals surface area (Å²) in [6, 6.07) is -0.171. The Kier molecular flexibility index (Phi) is 5.15. The van der Waals surface area contributed by atoms with Crippen LogP contribution in [0.4, 0.5) is 0 Å². The highest BCUT2D eigenvalue weighted by atomic mass is 16.7. The fourth-order valence-electron chi connectivity index (χ4n) is 0.647. The van der Waals surface area contributed by atoms with Crippen LogP contribution in [0.3, 0.4) is 0 Å². The van der Waals surface area contributed by atoms with Crippen molar-refractivity contribution < 1.29 is 9.47 Å². The van der Waals surface area contributed by atoms with Crippen molar-refractivity contribution in [2.75, 3.05) is 14.2 Å². The third-order valence-corrected chi connectivity index (χ3v) is 1.20. The molecule has 10 heavy (non-hydrogen) atoms. The van der Waals surface area contributed by atoms with Gasteiger partial charge in [-0.1, -0.05) is 6.08 Å². The highest BCUT2D eigenvalue weighted by molar-refractivity contribution is 4.86. The minimum atomic E-state index is -0.373. The number of hydrogen-bond acceptors (Lipinski definition) is 4. The minimum Gasteiger partial charge on any atom is -0.354 e. The molecule has 0 amide bonds. The molecule has 0 aliphatic rings.